The lowest BCUT2D eigenvalue weighted by atomic mass is 10.0. The SMILES string of the molecule is CC(C)Oc1ccc(-c2nc(-c3cccc4c3CC=C4OS(=O)(=O)N(C)C)no2)cc1C#N. The van der Waals surface area contributed by atoms with Crippen molar-refractivity contribution in [3.8, 4) is 34.7 Å². The molecule has 9 nitrogen and oxygen atoms in total. The smallest absolute Gasteiger partial charge is 0.384 e. The van der Waals surface area contributed by atoms with Gasteiger partial charge in [-0.1, -0.05) is 23.4 Å². The van der Waals surface area contributed by atoms with Crippen molar-refractivity contribution in [2.75, 3.05) is 14.1 Å². The predicted octanol–water partition coefficient (Wildman–Crippen LogP) is 3.78. The van der Waals surface area contributed by atoms with E-state index in [1.165, 1.54) is 14.1 Å². The number of aromatic nitrogens is 2. The first-order chi connectivity index (χ1) is 15.7. The van der Waals surface area contributed by atoms with Crippen LogP contribution in [-0.4, -0.2) is 43.1 Å². The number of rotatable bonds is 7. The van der Waals surface area contributed by atoms with Crippen molar-refractivity contribution in [3.63, 3.8) is 0 Å². The van der Waals surface area contributed by atoms with Crippen molar-refractivity contribution in [2.24, 2.45) is 0 Å². The summed E-state index contributed by atoms with van der Waals surface area (Å²) in [6.07, 6.45) is 2.12. The van der Waals surface area contributed by atoms with Crippen LogP contribution in [-0.2, 0) is 20.9 Å². The van der Waals surface area contributed by atoms with Crippen molar-refractivity contribution >= 4 is 16.1 Å². The Balaban J connectivity index is 1.64. The Morgan fingerprint density at radius 2 is 1.94 bits per heavy atom. The van der Waals surface area contributed by atoms with Gasteiger partial charge in [-0.05, 0) is 50.1 Å². The molecule has 0 saturated heterocycles. The quantitative estimate of drug-likeness (QED) is 0.516. The summed E-state index contributed by atoms with van der Waals surface area (Å²) < 4.78 is 41.7. The molecule has 0 amide bonds. The molecule has 1 aromatic heterocycles. The zero-order valence-corrected chi connectivity index (χ0v) is 19.4. The van der Waals surface area contributed by atoms with Gasteiger partial charge in [0.2, 0.25) is 5.82 Å². The van der Waals surface area contributed by atoms with Gasteiger partial charge in [0.15, 0.2) is 0 Å². The summed E-state index contributed by atoms with van der Waals surface area (Å²) in [5.41, 5.74) is 3.17. The van der Waals surface area contributed by atoms with Crippen LogP contribution in [0, 0.1) is 11.3 Å². The highest BCUT2D eigenvalue weighted by molar-refractivity contribution is 7.84. The Labute approximate surface area is 192 Å². The molecular formula is C23H22N4O5S. The summed E-state index contributed by atoms with van der Waals surface area (Å²) >= 11 is 0. The zero-order chi connectivity index (χ0) is 23.8. The maximum Gasteiger partial charge on any atom is 0.384 e. The van der Waals surface area contributed by atoms with E-state index in [4.69, 9.17) is 13.4 Å². The van der Waals surface area contributed by atoms with Gasteiger partial charge in [-0.3, -0.25) is 0 Å². The zero-order valence-electron chi connectivity index (χ0n) is 18.6. The van der Waals surface area contributed by atoms with Crippen molar-refractivity contribution < 1.29 is 21.9 Å². The van der Waals surface area contributed by atoms with Crippen molar-refractivity contribution in [3.05, 3.63) is 59.2 Å². The third kappa shape index (κ3) is 4.46. The summed E-state index contributed by atoms with van der Waals surface area (Å²) in [5.74, 6) is 1.37. The van der Waals surface area contributed by atoms with Crippen LogP contribution in [0.2, 0.25) is 0 Å². The number of benzene rings is 2. The fraction of sp³-hybridized carbons (Fsp3) is 0.261. The van der Waals surface area contributed by atoms with Gasteiger partial charge in [-0.25, -0.2) is 0 Å². The van der Waals surface area contributed by atoms with Gasteiger partial charge in [0.05, 0.1) is 11.7 Å². The van der Waals surface area contributed by atoms with E-state index >= 15 is 0 Å². The molecule has 1 aliphatic rings. The van der Waals surface area contributed by atoms with Gasteiger partial charge >= 0.3 is 10.3 Å². The number of ether oxygens (including phenoxy) is 1. The third-order valence-corrected chi connectivity index (χ3v) is 6.24. The highest BCUT2D eigenvalue weighted by Crippen LogP contribution is 2.36. The summed E-state index contributed by atoms with van der Waals surface area (Å²) in [4.78, 5) is 4.50. The van der Waals surface area contributed by atoms with Crippen molar-refractivity contribution in [2.45, 2.75) is 26.4 Å². The van der Waals surface area contributed by atoms with Gasteiger partial charge in [-0.2, -0.15) is 23.0 Å². The average molecular weight is 467 g/mol. The van der Waals surface area contributed by atoms with Crippen LogP contribution in [0.25, 0.3) is 28.6 Å². The molecular weight excluding hydrogens is 444 g/mol. The number of hydrogen-bond donors (Lipinski definition) is 0. The summed E-state index contributed by atoms with van der Waals surface area (Å²) in [5, 5.41) is 13.6. The Kier molecular flexibility index (Phi) is 5.93. The second-order valence-electron chi connectivity index (χ2n) is 7.84. The van der Waals surface area contributed by atoms with E-state index < -0.39 is 10.3 Å². The van der Waals surface area contributed by atoms with E-state index in [1.807, 2.05) is 19.9 Å². The van der Waals surface area contributed by atoms with Crippen LogP contribution < -0.4 is 4.74 Å². The molecule has 0 bridgehead atoms. The molecule has 170 valence electrons. The lowest BCUT2D eigenvalue weighted by Crippen LogP contribution is -2.23. The number of nitrogens with zero attached hydrogens (tertiary/aromatic N) is 4. The molecule has 0 atom stereocenters. The summed E-state index contributed by atoms with van der Waals surface area (Å²) in [6.45, 7) is 3.78. The van der Waals surface area contributed by atoms with E-state index in [2.05, 4.69) is 16.2 Å². The number of hydrogen-bond acceptors (Lipinski definition) is 8. The molecule has 1 heterocycles. The second kappa shape index (κ2) is 8.69. The molecule has 0 saturated carbocycles. The van der Waals surface area contributed by atoms with Gasteiger partial charge < -0.3 is 13.4 Å². The Morgan fingerprint density at radius 1 is 1.18 bits per heavy atom. The molecule has 0 fully saturated rings. The molecule has 4 rings (SSSR count). The fourth-order valence-electron chi connectivity index (χ4n) is 3.38. The molecule has 0 spiro atoms. The Bertz CT molecular complexity index is 1380. The minimum atomic E-state index is -3.87. The standard InChI is InChI=1S/C23H22N4O5S/c1-14(2)30-20-10-8-15(12-16(20)13-24)23-25-22(26-31-23)19-7-5-6-18-17(19)9-11-21(18)32-33(28,29)27(3)4/h5-8,10-12,14H,9H2,1-4H3. The van der Waals surface area contributed by atoms with Crippen LogP contribution in [0.15, 0.2) is 47.0 Å². The first-order valence-corrected chi connectivity index (χ1v) is 11.6. The third-order valence-electron chi connectivity index (χ3n) is 4.95. The van der Waals surface area contributed by atoms with Crippen LogP contribution in [0.5, 0.6) is 5.75 Å². The summed E-state index contributed by atoms with van der Waals surface area (Å²) in [6, 6.07) is 12.6. The summed E-state index contributed by atoms with van der Waals surface area (Å²) in [7, 11) is -1.06. The second-order valence-corrected chi connectivity index (χ2v) is 9.59. The molecule has 0 unspecified atom stereocenters. The highest BCUT2D eigenvalue weighted by Gasteiger charge is 2.26. The predicted molar refractivity (Wildman–Crippen MR) is 121 cm³/mol. The molecule has 1 aliphatic carbocycles. The minimum Gasteiger partial charge on any atom is -0.490 e. The van der Waals surface area contributed by atoms with Crippen LogP contribution in [0.1, 0.15) is 30.5 Å². The molecule has 0 radical (unpaired) electrons. The van der Waals surface area contributed by atoms with Crippen LogP contribution in [0.3, 0.4) is 0 Å². The normalized spacial score (nSPS) is 13.1. The van der Waals surface area contributed by atoms with Gasteiger partial charge in [-0.15, -0.1) is 0 Å². The Morgan fingerprint density at radius 3 is 2.64 bits per heavy atom. The van der Waals surface area contributed by atoms with E-state index in [1.54, 1.807) is 36.4 Å². The molecule has 2 aromatic carbocycles. The van der Waals surface area contributed by atoms with Gasteiger partial charge in [0, 0.05) is 30.8 Å². The lowest BCUT2D eigenvalue weighted by molar-refractivity contribution is 0.241. The van der Waals surface area contributed by atoms with E-state index in [0.29, 0.717) is 40.2 Å². The molecule has 33 heavy (non-hydrogen) atoms. The van der Waals surface area contributed by atoms with E-state index in [9.17, 15) is 13.7 Å². The lowest BCUT2D eigenvalue weighted by Gasteiger charge is -2.14. The highest BCUT2D eigenvalue weighted by atomic mass is 32.2. The van der Waals surface area contributed by atoms with Crippen molar-refractivity contribution in [1.29, 1.82) is 5.26 Å². The molecule has 10 heteroatoms. The van der Waals surface area contributed by atoms with Crippen molar-refractivity contribution in [1.82, 2.24) is 14.4 Å². The maximum atomic E-state index is 12.1. The topological polar surface area (TPSA) is 119 Å². The Hall–Kier alpha value is -3.68. The first-order valence-electron chi connectivity index (χ1n) is 10.2. The number of fused-ring (bicyclic) bond motifs is 1. The fourth-order valence-corrected chi connectivity index (χ4v) is 3.91. The van der Waals surface area contributed by atoms with Crippen LogP contribution in [0.4, 0.5) is 0 Å². The number of nitriles is 1. The minimum absolute atomic E-state index is 0.0617. The first kappa shape index (κ1) is 22.5. The maximum absolute atomic E-state index is 12.1. The molecule has 0 N–H and O–H groups in total. The monoisotopic (exact) mass is 466 g/mol. The van der Waals surface area contributed by atoms with E-state index in [-0.39, 0.29) is 17.8 Å². The number of allylic oxidation sites excluding steroid dienone is 1. The van der Waals surface area contributed by atoms with E-state index in [0.717, 1.165) is 9.87 Å². The molecule has 0 aliphatic heterocycles. The average Bonchev–Trinajstić information content (AvgIpc) is 3.41. The van der Waals surface area contributed by atoms with Gasteiger partial charge in [0.25, 0.3) is 5.89 Å². The van der Waals surface area contributed by atoms with Crippen LogP contribution >= 0.6 is 0 Å². The van der Waals surface area contributed by atoms with Gasteiger partial charge in [0.1, 0.15) is 17.6 Å². The molecule has 3 aromatic rings. The largest absolute Gasteiger partial charge is 0.490 e.